The number of aryl methyl sites for hydroxylation is 1. The van der Waals surface area contributed by atoms with Gasteiger partial charge in [0.05, 0.1) is 5.02 Å². The average molecular weight is 256 g/mol. The lowest BCUT2D eigenvalue weighted by Crippen LogP contribution is -2.36. The van der Waals surface area contributed by atoms with E-state index in [0.717, 1.165) is 12.0 Å². The van der Waals surface area contributed by atoms with Gasteiger partial charge in [-0.15, -0.1) is 0 Å². The fourth-order valence-corrected chi connectivity index (χ4v) is 1.50. The van der Waals surface area contributed by atoms with Gasteiger partial charge in [0.25, 0.3) is 5.91 Å². The Labute approximate surface area is 107 Å². The van der Waals surface area contributed by atoms with Gasteiger partial charge in [0.15, 0.2) is 6.10 Å². The number of benzene rings is 1. The van der Waals surface area contributed by atoms with Gasteiger partial charge < -0.3 is 10.1 Å². The van der Waals surface area contributed by atoms with E-state index in [9.17, 15) is 4.79 Å². The number of carbonyl (C=O) groups is 1. The Morgan fingerprint density at radius 3 is 2.88 bits per heavy atom. The quantitative estimate of drug-likeness (QED) is 0.879. The van der Waals surface area contributed by atoms with Crippen LogP contribution in [0.4, 0.5) is 0 Å². The van der Waals surface area contributed by atoms with E-state index in [1.54, 1.807) is 13.0 Å². The smallest absolute Gasteiger partial charge is 0.260 e. The number of ether oxygens (including phenoxy) is 1. The van der Waals surface area contributed by atoms with E-state index in [1.165, 1.54) is 0 Å². The first-order valence-corrected chi connectivity index (χ1v) is 6.13. The molecule has 0 saturated carbocycles. The van der Waals surface area contributed by atoms with Crippen molar-refractivity contribution in [2.75, 3.05) is 6.54 Å². The van der Waals surface area contributed by atoms with Crippen LogP contribution >= 0.6 is 11.6 Å². The number of rotatable bonds is 5. The second-order valence-electron chi connectivity index (χ2n) is 3.98. The molecular formula is C13H18ClNO2. The molecule has 3 nitrogen and oxygen atoms in total. The maximum Gasteiger partial charge on any atom is 0.260 e. The zero-order chi connectivity index (χ0) is 12.8. The minimum Gasteiger partial charge on any atom is -0.479 e. The third kappa shape index (κ3) is 4.27. The highest BCUT2D eigenvalue weighted by atomic mass is 35.5. The van der Waals surface area contributed by atoms with Gasteiger partial charge in [-0.3, -0.25) is 4.79 Å². The van der Waals surface area contributed by atoms with Gasteiger partial charge in [-0.1, -0.05) is 24.6 Å². The molecule has 94 valence electrons. The van der Waals surface area contributed by atoms with Crippen molar-refractivity contribution in [3.63, 3.8) is 0 Å². The summed E-state index contributed by atoms with van der Waals surface area (Å²) in [6, 6.07) is 5.49. The molecule has 1 atom stereocenters. The number of halogens is 1. The van der Waals surface area contributed by atoms with Crippen LogP contribution in [-0.4, -0.2) is 18.6 Å². The lowest BCUT2D eigenvalue weighted by Gasteiger charge is -2.15. The third-order valence-electron chi connectivity index (χ3n) is 2.31. The summed E-state index contributed by atoms with van der Waals surface area (Å²) in [5, 5.41) is 3.30. The molecule has 0 aliphatic carbocycles. The van der Waals surface area contributed by atoms with Crippen LogP contribution in [0.25, 0.3) is 0 Å². The Kier molecular flexibility index (Phi) is 5.29. The zero-order valence-electron chi connectivity index (χ0n) is 10.4. The Hall–Kier alpha value is -1.22. The number of carbonyl (C=O) groups excluding carboxylic acids is 1. The lowest BCUT2D eigenvalue weighted by molar-refractivity contribution is -0.127. The van der Waals surface area contributed by atoms with Crippen molar-refractivity contribution in [3.8, 4) is 5.75 Å². The predicted octanol–water partition coefficient (Wildman–Crippen LogP) is 2.94. The second-order valence-corrected chi connectivity index (χ2v) is 4.39. The first kappa shape index (κ1) is 13.8. The minimum absolute atomic E-state index is 0.121. The number of hydrogen-bond donors (Lipinski definition) is 1. The molecule has 1 rings (SSSR count). The van der Waals surface area contributed by atoms with Gasteiger partial charge in [0, 0.05) is 6.54 Å². The second kappa shape index (κ2) is 6.50. The van der Waals surface area contributed by atoms with Crippen molar-refractivity contribution >= 4 is 17.5 Å². The van der Waals surface area contributed by atoms with Crippen LogP contribution in [0.2, 0.25) is 5.02 Å². The predicted molar refractivity (Wildman–Crippen MR) is 69.6 cm³/mol. The molecule has 0 spiro atoms. The standard InChI is InChI=1S/C13H18ClNO2/c1-4-7-15-13(16)10(3)17-12-8-9(2)5-6-11(12)14/h5-6,8,10H,4,7H2,1-3H3,(H,15,16). The van der Waals surface area contributed by atoms with E-state index < -0.39 is 6.10 Å². The Balaban J connectivity index is 2.64. The zero-order valence-corrected chi connectivity index (χ0v) is 11.2. The SMILES string of the molecule is CCCNC(=O)C(C)Oc1cc(C)ccc1Cl. The van der Waals surface area contributed by atoms with Crippen molar-refractivity contribution in [2.45, 2.75) is 33.3 Å². The summed E-state index contributed by atoms with van der Waals surface area (Å²) in [5.41, 5.74) is 1.05. The third-order valence-corrected chi connectivity index (χ3v) is 2.62. The van der Waals surface area contributed by atoms with Crippen molar-refractivity contribution in [1.82, 2.24) is 5.32 Å². The van der Waals surface area contributed by atoms with Gasteiger partial charge in [-0.05, 0) is 38.0 Å². The molecule has 1 amide bonds. The molecule has 1 aromatic carbocycles. The van der Waals surface area contributed by atoms with Crippen LogP contribution in [0, 0.1) is 6.92 Å². The Morgan fingerprint density at radius 1 is 1.53 bits per heavy atom. The topological polar surface area (TPSA) is 38.3 Å². The van der Waals surface area contributed by atoms with Crippen LogP contribution in [0.15, 0.2) is 18.2 Å². The van der Waals surface area contributed by atoms with E-state index in [0.29, 0.717) is 17.3 Å². The van der Waals surface area contributed by atoms with Crippen LogP contribution in [0.1, 0.15) is 25.8 Å². The fourth-order valence-electron chi connectivity index (χ4n) is 1.34. The lowest BCUT2D eigenvalue weighted by atomic mass is 10.2. The van der Waals surface area contributed by atoms with Crippen molar-refractivity contribution < 1.29 is 9.53 Å². The van der Waals surface area contributed by atoms with Gasteiger partial charge in [0.1, 0.15) is 5.75 Å². The normalized spacial score (nSPS) is 12.0. The van der Waals surface area contributed by atoms with Crippen LogP contribution in [0.3, 0.4) is 0 Å². The number of nitrogens with one attached hydrogen (secondary N) is 1. The summed E-state index contributed by atoms with van der Waals surface area (Å²) >= 11 is 5.99. The number of amides is 1. The van der Waals surface area contributed by atoms with Crippen molar-refractivity contribution in [3.05, 3.63) is 28.8 Å². The molecule has 0 aliphatic rings. The Bertz CT molecular complexity index is 393. The largest absolute Gasteiger partial charge is 0.479 e. The van der Waals surface area contributed by atoms with Gasteiger partial charge in [0.2, 0.25) is 0 Å². The summed E-state index contributed by atoms with van der Waals surface area (Å²) in [4.78, 5) is 11.6. The molecule has 0 aliphatic heterocycles. The summed E-state index contributed by atoms with van der Waals surface area (Å²) in [6.45, 7) is 6.33. The molecule has 4 heteroatoms. The number of hydrogen-bond acceptors (Lipinski definition) is 2. The van der Waals surface area contributed by atoms with Crippen LogP contribution < -0.4 is 10.1 Å². The Morgan fingerprint density at radius 2 is 2.24 bits per heavy atom. The van der Waals surface area contributed by atoms with Crippen molar-refractivity contribution in [2.24, 2.45) is 0 Å². The first-order valence-electron chi connectivity index (χ1n) is 5.75. The molecule has 0 saturated heterocycles. The maximum absolute atomic E-state index is 11.6. The van der Waals surface area contributed by atoms with Gasteiger partial charge in [-0.25, -0.2) is 0 Å². The molecule has 0 fully saturated rings. The van der Waals surface area contributed by atoms with E-state index in [2.05, 4.69) is 5.32 Å². The first-order chi connectivity index (χ1) is 8.04. The van der Waals surface area contributed by atoms with E-state index in [1.807, 2.05) is 26.0 Å². The maximum atomic E-state index is 11.6. The average Bonchev–Trinajstić information content (AvgIpc) is 2.30. The summed E-state index contributed by atoms with van der Waals surface area (Å²) in [5.74, 6) is 0.426. The highest BCUT2D eigenvalue weighted by molar-refractivity contribution is 6.32. The summed E-state index contributed by atoms with van der Waals surface area (Å²) in [7, 11) is 0. The highest BCUT2D eigenvalue weighted by Gasteiger charge is 2.15. The van der Waals surface area contributed by atoms with Gasteiger partial charge in [-0.2, -0.15) is 0 Å². The summed E-state index contributed by atoms with van der Waals surface area (Å²) in [6.07, 6.45) is 0.366. The van der Waals surface area contributed by atoms with E-state index in [4.69, 9.17) is 16.3 Å². The van der Waals surface area contributed by atoms with Gasteiger partial charge >= 0.3 is 0 Å². The van der Waals surface area contributed by atoms with Crippen LogP contribution in [-0.2, 0) is 4.79 Å². The molecule has 17 heavy (non-hydrogen) atoms. The molecule has 1 N–H and O–H groups in total. The molecule has 0 heterocycles. The van der Waals surface area contributed by atoms with Crippen molar-refractivity contribution in [1.29, 1.82) is 0 Å². The minimum atomic E-state index is -0.541. The van der Waals surface area contributed by atoms with E-state index >= 15 is 0 Å². The van der Waals surface area contributed by atoms with E-state index in [-0.39, 0.29) is 5.91 Å². The summed E-state index contributed by atoms with van der Waals surface area (Å²) < 4.78 is 5.54. The molecule has 0 bridgehead atoms. The van der Waals surface area contributed by atoms with Crippen LogP contribution in [0.5, 0.6) is 5.75 Å². The molecule has 0 aromatic heterocycles. The molecule has 1 aromatic rings. The molecule has 1 unspecified atom stereocenters. The molecular weight excluding hydrogens is 238 g/mol. The highest BCUT2D eigenvalue weighted by Crippen LogP contribution is 2.26. The fraction of sp³-hybridized carbons (Fsp3) is 0.462. The monoisotopic (exact) mass is 255 g/mol. The molecule has 0 radical (unpaired) electrons.